The summed E-state index contributed by atoms with van der Waals surface area (Å²) in [4.78, 5) is 0. The lowest BCUT2D eigenvalue weighted by atomic mass is 9.64. The van der Waals surface area contributed by atoms with Gasteiger partial charge in [0.05, 0.1) is 0 Å². The van der Waals surface area contributed by atoms with E-state index in [2.05, 4.69) is 72.0 Å². The fraction of sp³-hybridized carbons (Fsp3) is 0.684. The molecule has 21 heavy (non-hydrogen) atoms. The van der Waals surface area contributed by atoms with Crippen molar-refractivity contribution in [2.75, 3.05) is 6.54 Å². The molecule has 0 bridgehead atoms. The van der Waals surface area contributed by atoms with Gasteiger partial charge in [0.15, 0.2) is 0 Å². The van der Waals surface area contributed by atoms with Crippen molar-refractivity contribution in [1.82, 2.24) is 5.32 Å². The maximum atomic E-state index is 6.41. The molecule has 2 rings (SSSR count). The standard InChI is InChI=1S/C19H31NO/c1-8-20-16-12-17(19(16,6)7)21-15-10-9-13(2)11-14(15)18(3,4)5/h9-11,16-17,20H,8,12H2,1-7H3. The first-order chi connectivity index (χ1) is 9.66. The SMILES string of the molecule is CCNC1CC(Oc2ccc(C)cc2C(C)(C)C)C1(C)C. The van der Waals surface area contributed by atoms with Crippen LogP contribution in [0.2, 0.25) is 0 Å². The molecule has 0 saturated heterocycles. The zero-order valence-corrected chi connectivity index (χ0v) is 14.7. The Bertz CT molecular complexity index is 499. The van der Waals surface area contributed by atoms with Crippen LogP contribution < -0.4 is 10.1 Å². The summed E-state index contributed by atoms with van der Waals surface area (Å²) in [6.45, 7) is 16.7. The Morgan fingerprint density at radius 2 is 1.95 bits per heavy atom. The minimum Gasteiger partial charge on any atom is -0.489 e. The molecule has 1 N–H and O–H groups in total. The molecule has 0 aliphatic heterocycles. The van der Waals surface area contributed by atoms with E-state index in [-0.39, 0.29) is 10.8 Å². The molecule has 1 aromatic rings. The fourth-order valence-corrected chi connectivity index (χ4v) is 3.16. The first-order valence-electron chi connectivity index (χ1n) is 8.17. The van der Waals surface area contributed by atoms with Gasteiger partial charge in [-0.25, -0.2) is 0 Å². The maximum Gasteiger partial charge on any atom is 0.123 e. The van der Waals surface area contributed by atoms with Gasteiger partial charge in [-0.3, -0.25) is 0 Å². The number of benzene rings is 1. The van der Waals surface area contributed by atoms with Crippen molar-refractivity contribution < 1.29 is 4.74 Å². The van der Waals surface area contributed by atoms with Crippen molar-refractivity contribution in [2.24, 2.45) is 5.41 Å². The molecule has 2 heteroatoms. The molecular weight excluding hydrogens is 258 g/mol. The quantitative estimate of drug-likeness (QED) is 0.884. The maximum absolute atomic E-state index is 6.41. The summed E-state index contributed by atoms with van der Waals surface area (Å²) in [6, 6.07) is 7.13. The Labute approximate surface area is 130 Å². The minimum absolute atomic E-state index is 0.107. The van der Waals surface area contributed by atoms with Crippen LogP contribution in [0.25, 0.3) is 0 Å². The van der Waals surface area contributed by atoms with Gasteiger partial charge >= 0.3 is 0 Å². The van der Waals surface area contributed by atoms with Crippen molar-refractivity contribution in [2.45, 2.75) is 72.4 Å². The highest BCUT2D eigenvalue weighted by Gasteiger charge is 2.49. The predicted octanol–water partition coefficient (Wildman–Crippen LogP) is 4.45. The second-order valence-corrected chi connectivity index (χ2v) is 8.02. The molecule has 1 aliphatic carbocycles. The highest BCUT2D eigenvalue weighted by Crippen LogP contribution is 2.44. The van der Waals surface area contributed by atoms with Gasteiger partial charge < -0.3 is 10.1 Å². The van der Waals surface area contributed by atoms with Gasteiger partial charge in [0.2, 0.25) is 0 Å². The monoisotopic (exact) mass is 289 g/mol. The van der Waals surface area contributed by atoms with Crippen molar-refractivity contribution in [3.63, 3.8) is 0 Å². The third kappa shape index (κ3) is 3.26. The van der Waals surface area contributed by atoms with E-state index in [9.17, 15) is 0 Å². The third-order valence-corrected chi connectivity index (χ3v) is 4.84. The molecular formula is C19H31NO. The Morgan fingerprint density at radius 1 is 1.29 bits per heavy atom. The Morgan fingerprint density at radius 3 is 2.48 bits per heavy atom. The number of aryl methyl sites for hydroxylation is 1. The average molecular weight is 289 g/mol. The van der Waals surface area contributed by atoms with E-state index >= 15 is 0 Å². The number of hydrogen-bond donors (Lipinski definition) is 1. The van der Waals surface area contributed by atoms with Crippen LogP contribution in [-0.2, 0) is 5.41 Å². The minimum atomic E-state index is 0.107. The second kappa shape index (κ2) is 5.64. The molecule has 0 aromatic heterocycles. The molecule has 2 nitrogen and oxygen atoms in total. The molecule has 1 aromatic carbocycles. The van der Waals surface area contributed by atoms with Gasteiger partial charge in [-0.05, 0) is 30.5 Å². The lowest BCUT2D eigenvalue weighted by Gasteiger charge is -2.52. The summed E-state index contributed by atoms with van der Waals surface area (Å²) in [5, 5.41) is 3.56. The van der Waals surface area contributed by atoms with Crippen LogP contribution >= 0.6 is 0 Å². The lowest BCUT2D eigenvalue weighted by Crippen LogP contribution is -2.62. The van der Waals surface area contributed by atoms with E-state index in [1.807, 2.05) is 0 Å². The molecule has 1 fully saturated rings. The van der Waals surface area contributed by atoms with Crippen LogP contribution in [0.15, 0.2) is 18.2 Å². The van der Waals surface area contributed by atoms with E-state index < -0.39 is 0 Å². The fourth-order valence-electron chi connectivity index (χ4n) is 3.16. The van der Waals surface area contributed by atoms with Crippen LogP contribution in [0.3, 0.4) is 0 Å². The molecule has 0 amide bonds. The Balaban J connectivity index is 2.18. The van der Waals surface area contributed by atoms with Crippen LogP contribution in [0.4, 0.5) is 0 Å². The molecule has 2 unspecified atom stereocenters. The van der Waals surface area contributed by atoms with Gasteiger partial charge in [0, 0.05) is 17.9 Å². The Hall–Kier alpha value is -1.02. The summed E-state index contributed by atoms with van der Waals surface area (Å²) in [5.74, 6) is 1.06. The highest BCUT2D eigenvalue weighted by molar-refractivity contribution is 5.41. The van der Waals surface area contributed by atoms with Gasteiger partial charge in [0.1, 0.15) is 11.9 Å². The normalized spacial score (nSPS) is 24.5. The molecule has 0 spiro atoms. The van der Waals surface area contributed by atoms with Crippen LogP contribution in [0.5, 0.6) is 5.75 Å². The summed E-state index contributed by atoms with van der Waals surface area (Å²) < 4.78 is 6.41. The highest BCUT2D eigenvalue weighted by atomic mass is 16.5. The van der Waals surface area contributed by atoms with Crippen LogP contribution in [0, 0.1) is 12.3 Å². The van der Waals surface area contributed by atoms with E-state index in [0.717, 1.165) is 18.7 Å². The summed E-state index contributed by atoms with van der Waals surface area (Å²) in [5.41, 5.74) is 2.91. The average Bonchev–Trinajstić information content (AvgIpc) is 2.38. The topological polar surface area (TPSA) is 21.3 Å². The van der Waals surface area contributed by atoms with Crippen molar-refractivity contribution in [3.05, 3.63) is 29.3 Å². The Kier molecular flexibility index (Phi) is 4.39. The molecule has 1 aliphatic rings. The zero-order valence-electron chi connectivity index (χ0n) is 14.7. The number of ether oxygens (including phenoxy) is 1. The molecule has 0 heterocycles. The molecule has 0 radical (unpaired) electrons. The van der Waals surface area contributed by atoms with Gasteiger partial charge in [-0.1, -0.05) is 59.2 Å². The third-order valence-electron chi connectivity index (χ3n) is 4.84. The van der Waals surface area contributed by atoms with E-state index in [0.29, 0.717) is 12.1 Å². The van der Waals surface area contributed by atoms with Crippen molar-refractivity contribution in [1.29, 1.82) is 0 Å². The zero-order chi connectivity index (χ0) is 15.8. The van der Waals surface area contributed by atoms with Crippen molar-refractivity contribution >= 4 is 0 Å². The van der Waals surface area contributed by atoms with E-state index in [4.69, 9.17) is 4.74 Å². The second-order valence-electron chi connectivity index (χ2n) is 8.02. The van der Waals surface area contributed by atoms with Crippen molar-refractivity contribution in [3.8, 4) is 5.75 Å². The number of hydrogen-bond acceptors (Lipinski definition) is 2. The van der Waals surface area contributed by atoms with Crippen LogP contribution in [-0.4, -0.2) is 18.7 Å². The first kappa shape index (κ1) is 16.4. The molecule has 2 atom stereocenters. The summed E-state index contributed by atoms with van der Waals surface area (Å²) in [7, 11) is 0. The largest absolute Gasteiger partial charge is 0.489 e. The molecule has 118 valence electrons. The molecule has 1 saturated carbocycles. The van der Waals surface area contributed by atoms with Crippen LogP contribution in [0.1, 0.15) is 59.1 Å². The van der Waals surface area contributed by atoms with E-state index in [1.54, 1.807) is 0 Å². The summed E-state index contributed by atoms with van der Waals surface area (Å²) in [6.07, 6.45) is 1.39. The number of rotatable bonds is 4. The smallest absolute Gasteiger partial charge is 0.123 e. The van der Waals surface area contributed by atoms with Gasteiger partial charge in [-0.15, -0.1) is 0 Å². The first-order valence-corrected chi connectivity index (χ1v) is 8.17. The number of nitrogens with one attached hydrogen (secondary N) is 1. The van der Waals surface area contributed by atoms with E-state index in [1.165, 1.54) is 11.1 Å². The predicted molar refractivity (Wildman–Crippen MR) is 90.2 cm³/mol. The van der Waals surface area contributed by atoms with Gasteiger partial charge in [-0.2, -0.15) is 0 Å². The summed E-state index contributed by atoms with van der Waals surface area (Å²) >= 11 is 0. The van der Waals surface area contributed by atoms with Gasteiger partial charge in [0.25, 0.3) is 0 Å². The lowest BCUT2D eigenvalue weighted by molar-refractivity contribution is -0.0549.